The highest BCUT2D eigenvalue weighted by atomic mass is 15.3. The zero-order valence-electron chi connectivity index (χ0n) is 12.8. The maximum atomic E-state index is 5.91. The Morgan fingerprint density at radius 2 is 1.58 bits per heavy atom. The van der Waals surface area contributed by atoms with E-state index in [4.69, 9.17) is 5.84 Å². The first-order chi connectivity index (χ1) is 9.19. The number of hydrogen-bond donors (Lipinski definition) is 2. The topological polar surface area (TPSA) is 41.3 Å². The van der Waals surface area contributed by atoms with Crippen LogP contribution >= 0.6 is 0 Å². The summed E-state index contributed by atoms with van der Waals surface area (Å²) < 4.78 is 0. The Labute approximate surface area is 118 Å². The zero-order chi connectivity index (χ0) is 14.3. The number of rotatable bonds is 8. The summed E-state index contributed by atoms with van der Waals surface area (Å²) in [6.07, 6.45) is 2.16. The maximum absolute atomic E-state index is 5.91. The summed E-state index contributed by atoms with van der Waals surface area (Å²) >= 11 is 0. The van der Waals surface area contributed by atoms with E-state index < -0.39 is 0 Å². The van der Waals surface area contributed by atoms with Gasteiger partial charge in [0.1, 0.15) is 0 Å². The Bertz CT molecular complexity index is 342. The van der Waals surface area contributed by atoms with Crippen molar-refractivity contribution in [2.75, 3.05) is 13.1 Å². The van der Waals surface area contributed by atoms with Crippen molar-refractivity contribution >= 4 is 0 Å². The minimum absolute atomic E-state index is 0.0691. The maximum Gasteiger partial charge on any atom is 0.0643 e. The van der Waals surface area contributed by atoms with Gasteiger partial charge in [-0.15, -0.1) is 0 Å². The van der Waals surface area contributed by atoms with Crippen molar-refractivity contribution in [2.45, 2.75) is 52.1 Å². The van der Waals surface area contributed by atoms with Crippen LogP contribution in [0.25, 0.3) is 0 Å². The summed E-state index contributed by atoms with van der Waals surface area (Å²) in [4.78, 5) is 2.53. The van der Waals surface area contributed by atoms with Crippen LogP contribution in [0.15, 0.2) is 30.3 Å². The van der Waals surface area contributed by atoms with Gasteiger partial charge in [0.05, 0.1) is 6.04 Å². The minimum atomic E-state index is 0.0691. The third-order valence-corrected chi connectivity index (χ3v) is 4.45. The van der Waals surface area contributed by atoms with Gasteiger partial charge in [0.2, 0.25) is 0 Å². The Morgan fingerprint density at radius 3 is 1.95 bits per heavy atom. The highest BCUT2D eigenvalue weighted by molar-refractivity contribution is 5.23. The number of hydrazine groups is 1. The van der Waals surface area contributed by atoms with E-state index in [-0.39, 0.29) is 11.6 Å². The number of nitrogens with two attached hydrogens (primary N) is 1. The largest absolute Gasteiger partial charge is 0.296 e. The SMILES string of the molecule is CCN(CC)C(CC)(CC)C(NN)c1ccccc1. The van der Waals surface area contributed by atoms with Crippen molar-refractivity contribution < 1.29 is 0 Å². The predicted octanol–water partition coefficient (Wildman–Crippen LogP) is 3.09. The van der Waals surface area contributed by atoms with Crippen molar-refractivity contribution in [3.8, 4) is 0 Å². The first kappa shape index (κ1) is 16.2. The van der Waals surface area contributed by atoms with E-state index in [1.807, 2.05) is 6.07 Å². The monoisotopic (exact) mass is 263 g/mol. The molecule has 0 heterocycles. The normalized spacial score (nSPS) is 13.8. The van der Waals surface area contributed by atoms with Gasteiger partial charge in [-0.25, -0.2) is 0 Å². The summed E-state index contributed by atoms with van der Waals surface area (Å²) in [7, 11) is 0. The molecule has 0 amide bonds. The van der Waals surface area contributed by atoms with Gasteiger partial charge in [0, 0.05) is 5.54 Å². The van der Waals surface area contributed by atoms with Crippen molar-refractivity contribution in [2.24, 2.45) is 5.84 Å². The molecule has 1 aromatic carbocycles. The van der Waals surface area contributed by atoms with Crippen LogP contribution in [0.5, 0.6) is 0 Å². The summed E-state index contributed by atoms with van der Waals surface area (Å²) in [6.45, 7) is 11.1. The van der Waals surface area contributed by atoms with E-state index in [1.54, 1.807) is 0 Å². The Balaban J connectivity index is 3.21. The smallest absolute Gasteiger partial charge is 0.0643 e. The van der Waals surface area contributed by atoms with E-state index in [1.165, 1.54) is 5.56 Å². The molecule has 0 saturated heterocycles. The lowest BCUT2D eigenvalue weighted by Crippen LogP contribution is -2.57. The second-order valence-electron chi connectivity index (χ2n) is 4.99. The van der Waals surface area contributed by atoms with Gasteiger partial charge in [-0.1, -0.05) is 58.0 Å². The Morgan fingerprint density at radius 1 is 1.05 bits per heavy atom. The molecule has 0 aromatic heterocycles. The number of nitrogens with one attached hydrogen (secondary N) is 1. The van der Waals surface area contributed by atoms with Crippen molar-refractivity contribution in [3.63, 3.8) is 0 Å². The average Bonchev–Trinajstić information content (AvgIpc) is 2.48. The van der Waals surface area contributed by atoms with Gasteiger partial charge < -0.3 is 0 Å². The lowest BCUT2D eigenvalue weighted by atomic mass is 9.79. The quantitative estimate of drug-likeness (QED) is 0.559. The fraction of sp³-hybridized carbons (Fsp3) is 0.625. The number of nitrogens with zero attached hydrogens (tertiary/aromatic N) is 1. The average molecular weight is 263 g/mol. The Kier molecular flexibility index (Phi) is 6.49. The molecular formula is C16H29N3. The molecule has 0 radical (unpaired) electrons. The van der Waals surface area contributed by atoms with Crippen LogP contribution in [0.2, 0.25) is 0 Å². The molecule has 1 rings (SSSR count). The third kappa shape index (κ3) is 3.16. The van der Waals surface area contributed by atoms with Crippen LogP contribution in [0.3, 0.4) is 0 Å². The highest BCUT2D eigenvalue weighted by Crippen LogP contribution is 2.36. The molecule has 3 heteroatoms. The summed E-state index contributed by atoms with van der Waals surface area (Å²) in [6, 6.07) is 10.7. The van der Waals surface area contributed by atoms with Crippen LogP contribution in [-0.2, 0) is 0 Å². The molecule has 108 valence electrons. The van der Waals surface area contributed by atoms with Crippen molar-refractivity contribution in [1.29, 1.82) is 0 Å². The highest BCUT2D eigenvalue weighted by Gasteiger charge is 2.40. The molecule has 0 spiro atoms. The van der Waals surface area contributed by atoms with Gasteiger partial charge in [-0.2, -0.15) is 0 Å². The first-order valence-corrected chi connectivity index (χ1v) is 7.46. The Hall–Kier alpha value is -0.900. The number of benzene rings is 1. The van der Waals surface area contributed by atoms with Crippen LogP contribution < -0.4 is 11.3 Å². The van der Waals surface area contributed by atoms with Gasteiger partial charge in [-0.3, -0.25) is 16.2 Å². The van der Waals surface area contributed by atoms with Crippen molar-refractivity contribution in [3.05, 3.63) is 35.9 Å². The molecule has 1 atom stereocenters. The molecule has 3 nitrogen and oxygen atoms in total. The molecule has 1 unspecified atom stereocenters. The van der Waals surface area contributed by atoms with Crippen LogP contribution in [-0.4, -0.2) is 23.5 Å². The molecule has 0 fully saturated rings. The van der Waals surface area contributed by atoms with Gasteiger partial charge in [0.15, 0.2) is 0 Å². The van der Waals surface area contributed by atoms with E-state index in [9.17, 15) is 0 Å². The number of likely N-dealkylation sites (N-methyl/N-ethyl adjacent to an activating group) is 1. The second-order valence-corrected chi connectivity index (χ2v) is 4.99. The third-order valence-electron chi connectivity index (χ3n) is 4.45. The second kappa shape index (κ2) is 7.63. The summed E-state index contributed by atoms with van der Waals surface area (Å²) in [5.74, 6) is 5.91. The fourth-order valence-electron chi connectivity index (χ4n) is 3.35. The van der Waals surface area contributed by atoms with E-state index in [0.717, 1.165) is 25.9 Å². The minimum Gasteiger partial charge on any atom is -0.296 e. The van der Waals surface area contributed by atoms with Gasteiger partial charge >= 0.3 is 0 Å². The number of hydrogen-bond acceptors (Lipinski definition) is 3. The molecule has 0 aliphatic heterocycles. The zero-order valence-corrected chi connectivity index (χ0v) is 12.8. The van der Waals surface area contributed by atoms with E-state index in [0.29, 0.717) is 0 Å². The van der Waals surface area contributed by atoms with E-state index in [2.05, 4.69) is 62.3 Å². The molecular weight excluding hydrogens is 234 g/mol. The molecule has 0 aliphatic rings. The molecule has 0 saturated carbocycles. The van der Waals surface area contributed by atoms with E-state index >= 15 is 0 Å². The fourth-order valence-corrected chi connectivity index (χ4v) is 3.35. The standard InChI is InChI=1S/C16H29N3/c1-5-16(6-2,19(7-3)8-4)15(18-17)14-12-10-9-11-13-14/h9-13,15,18H,5-8,17H2,1-4H3. The molecule has 3 N–H and O–H groups in total. The molecule has 0 bridgehead atoms. The lowest BCUT2D eigenvalue weighted by molar-refractivity contribution is 0.0487. The first-order valence-electron chi connectivity index (χ1n) is 7.46. The predicted molar refractivity (Wildman–Crippen MR) is 82.7 cm³/mol. The molecule has 0 aliphatic carbocycles. The summed E-state index contributed by atoms with van der Waals surface area (Å²) in [5, 5.41) is 0. The lowest BCUT2D eigenvalue weighted by Gasteiger charge is -2.47. The van der Waals surface area contributed by atoms with Crippen LogP contribution in [0.4, 0.5) is 0 Å². The van der Waals surface area contributed by atoms with Crippen molar-refractivity contribution in [1.82, 2.24) is 10.3 Å². The molecule has 1 aromatic rings. The van der Waals surface area contributed by atoms with Gasteiger partial charge in [-0.05, 0) is 31.5 Å². The summed E-state index contributed by atoms with van der Waals surface area (Å²) in [5.41, 5.74) is 4.40. The van der Waals surface area contributed by atoms with Crippen LogP contribution in [0.1, 0.15) is 52.1 Å². The molecule has 19 heavy (non-hydrogen) atoms. The van der Waals surface area contributed by atoms with Crippen LogP contribution in [0, 0.1) is 0 Å². The van der Waals surface area contributed by atoms with Gasteiger partial charge in [0.25, 0.3) is 0 Å².